The van der Waals surface area contributed by atoms with Gasteiger partial charge in [0.2, 0.25) is 5.91 Å². The van der Waals surface area contributed by atoms with Crippen molar-refractivity contribution < 1.29 is 9.59 Å². The summed E-state index contributed by atoms with van der Waals surface area (Å²) >= 11 is 5.88. The molecule has 1 aromatic rings. The zero-order chi connectivity index (χ0) is 13.1. The zero-order valence-electron chi connectivity index (χ0n) is 9.65. The summed E-state index contributed by atoms with van der Waals surface area (Å²) in [5, 5.41) is 2.82. The number of hydrogen-bond donors (Lipinski definition) is 2. The number of carbonyl (C=O) groups is 2. The standard InChI is InChI=1S/C11H13ClN4O2/c12-10-8(5-7(13)6-15-10)11(18)16-3-1-9(17)14-2-4-16/h5-6H,1-4,13H2,(H,14,17). The zero-order valence-corrected chi connectivity index (χ0v) is 10.4. The van der Waals surface area contributed by atoms with Crippen LogP contribution in [-0.4, -0.2) is 41.3 Å². The number of anilines is 1. The molecule has 1 aromatic heterocycles. The van der Waals surface area contributed by atoms with Gasteiger partial charge in [0.05, 0.1) is 17.4 Å². The molecule has 2 rings (SSSR count). The normalized spacial score (nSPS) is 16.1. The number of aromatic nitrogens is 1. The van der Waals surface area contributed by atoms with Gasteiger partial charge in [-0.05, 0) is 6.07 Å². The van der Waals surface area contributed by atoms with Crippen molar-refractivity contribution in [1.82, 2.24) is 15.2 Å². The molecule has 7 heteroatoms. The first kappa shape index (κ1) is 12.6. The van der Waals surface area contributed by atoms with Gasteiger partial charge in [0.25, 0.3) is 5.91 Å². The molecule has 1 fully saturated rings. The maximum atomic E-state index is 12.2. The van der Waals surface area contributed by atoms with E-state index in [9.17, 15) is 9.59 Å². The summed E-state index contributed by atoms with van der Waals surface area (Å²) in [4.78, 5) is 28.9. The number of nitrogens with one attached hydrogen (secondary N) is 1. The molecule has 2 amide bonds. The van der Waals surface area contributed by atoms with E-state index in [1.807, 2.05) is 0 Å². The molecule has 18 heavy (non-hydrogen) atoms. The lowest BCUT2D eigenvalue weighted by Gasteiger charge is -2.19. The average molecular weight is 269 g/mol. The Morgan fingerprint density at radius 1 is 1.50 bits per heavy atom. The van der Waals surface area contributed by atoms with Gasteiger partial charge in [-0.3, -0.25) is 9.59 Å². The number of amides is 2. The predicted molar refractivity (Wildman–Crippen MR) is 67.2 cm³/mol. The average Bonchev–Trinajstić information content (AvgIpc) is 2.56. The minimum absolute atomic E-state index is 0.0536. The van der Waals surface area contributed by atoms with Gasteiger partial charge < -0.3 is 16.0 Å². The third-order valence-electron chi connectivity index (χ3n) is 2.69. The van der Waals surface area contributed by atoms with E-state index in [-0.39, 0.29) is 22.5 Å². The molecule has 0 unspecified atom stereocenters. The lowest BCUT2D eigenvalue weighted by Crippen LogP contribution is -2.34. The van der Waals surface area contributed by atoms with Crippen LogP contribution in [0, 0.1) is 0 Å². The minimum atomic E-state index is -0.253. The second-order valence-electron chi connectivity index (χ2n) is 4.00. The van der Waals surface area contributed by atoms with Gasteiger partial charge in [0.15, 0.2) is 0 Å². The van der Waals surface area contributed by atoms with E-state index in [4.69, 9.17) is 17.3 Å². The molecular weight excluding hydrogens is 256 g/mol. The molecule has 6 nitrogen and oxygen atoms in total. The number of halogens is 1. The Bertz CT molecular complexity index is 492. The van der Waals surface area contributed by atoms with E-state index in [0.717, 1.165) is 0 Å². The second-order valence-corrected chi connectivity index (χ2v) is 4.36. The molecule has 1 saturated heterocycles. The van der Waals surface area contributed by atoms with Crippen LogP contribution in [0.5, 0.6) is 0 Å². The van der Waals surface area contributed by atoms with E-state index in [0.29, 0.717) is 31.7 Å². The monoisotopic (exact) mass is 268 g/mol. The van der Waals surface area contributed by atoms with Crippen LogP contribution in [0.3, 0.4) is 0 Å². The van der Waals surface area contributed by atoms with Crippen molar-refractivity contribution in [3.05, 3.63) is 23.0 Å². The number of nitrogen functional groups attached to an aromatic ring is 1. The summed E-state index contributed by atoms with van der Waals surface area (Å²) in [6.45, 7) is 1.27. The smallest absolute Gasteiger partial charge is 0.257 e. The minimum Gasteiger partial charge on any atom is -0.397 e. The molecule has 0 aromatic carbocycles. The molecule has 0 atom stereocenters. The van der Waals surface area contributed by atoms with E-state index < -0.39 is 0 Å². The van der Waals surface area contributed by atoms with Crippen molar-refractivity contribution in [2.75, 3.05) is 25.4 Å². The van der Waals surface area contributed by atoms with Gasteiger partial charge in [-0.1, -0.05) is 11.6 Å². The Balaban J connectivity index is 2.19. The molecule has 0 spiro atoms. The fourth-order valence-corrected chi connectivity index (χ4v) is 1.94. The van der Waals surface area contributed by atoms with Crippen molar-refractivity contribution in [1.29, 1.82) is 0 Å². The number of rotatable bonds is 1. The first-order chi connectivity index (χ1) is 8.58. The van der Waals surface area contributed by atoms with Gasteiger partial charge in [0, 0.05) is 26.1 Å². The van der Waals surface area contributed by atoms with Crippen LogP contribution in [0.15, 0.2) is 12.3 Å². The van der Waals surface area contributed by atoms with E-state index in [1.54, 1.807) is 4.90 Å². The molecule has 96 valence electrons. The number of pyridine rings is 1. The van der Waals surface area contributed by atoms with Gasteiger partial charge in [-0.25, -0.2) is 4.98 Å². The van der Waals surface area contributed by atoms with Gasteiger partial charge in [-0.15, -0.1) is 0 Å². The van der Waals surface area contributed by atoms with Crippen molar-refractivity contribution in [2.45, 2.75) is 6.42 Å². The number of hydrogen-bond acceptors (Lipinski definition) is 4. The van der Waals surface area contributed by atoms with E-state index >= 15 is 0 Å². The van der Waals surface area contributed by atoms with Crippen molar-refractivity contribution in [3.8, 4) is 0 Å². The lowest BCUT2D eigenvalue weighted by molar-refractivity contribution is -0.120. The van der Waals surface area contributed by atoms with E-state index in [2.05, 4.69) is 10.3 Å². The summed E-state index contributed by atoms with van der Waals surface area (Å²) in [5.41, 5.74) is 6.24. The molecule has 1 aliphatic rings. The fourth-order valence-electron chi connectivity index (χ4n) is 1.75. The maximum Gasteiger partial charge on any atom is 0.257 e. The Labute approximate surface area is 109 Å². The van der Waals surface area contributed by atoms with E-state index in [1.165, 1.54) is 12.3 Å². The number of nitrogens with zero attached hydrogens (tertiary/aromatic N) is 2. The van der Waals surface area contributed by atoms with Crippen LogP contribution in [0.25, 0.3) is 0 Å². The molecule has 2 heterocycles. The number of carbonyl (C=O) groups excluding carboxylic acids is 2. The largest absolute Gasteiger partial charge is 0.397 e. The highest BCUT2D eigenvalue weighted by atomic mass is 35.5. The first-order valence-electron chi connectivity index (χ1n) is 5.55. The quantitative estimate of drug-likeness (QED) is 0.716. The summed E-state index contributed by atoms with van der Waals surface area (Å²) in [6.07, 6.45) is 1.69. The molecule has 0 aliphatic carbocycles. The Morgan fingerprint density at radius 3 is 3.06 bits per heavy atom. The molecule has 0 radical (unpaired) electrons. The van der Waals surface area contributed by atoms with Crippen LogP contribution in [0.4, 0.5) is 5.69 Å². The van der Waals surface area contributed by atoms with Crippen LogP contribution in [-0.2, 0) is 4.79 Å². The Hall–Kier alpha value is -1.82. The highest BCUT2D eigenvalue weighted by Gasteiger charge is 2.22. The second kappa shape index (κ2) is 5.22. The first-order valence-corrected chi connectivity index (χ1v) is 5.92. The maximum absolute atomic E-state index is 12.2. The highest BCUT2D eigenvalue weighted by molar-refractivity contribution is 6.32. The number of nitrogens with two attached hydrogens (primary N) is 1. The molecule has 3 N–H and O–H groups in total. The van der Waals surface area contributed by atoms with Crippen LogP contribution in [0.1, 0.15) is 16.8 Å². The molecular formula is C11H13ClN4O2. The fraction of sp³-hybridized carbons (Fsp3) is 0.364. The molecule has 1 aliphatic heterocycles. The topological polar surface area (TPSA) is 88.3 Å². The van der Waals surface area contributed by atoms with Gasteiger partial charge in [-0.2, -0.15) is 0 Å². The Morgan fingerprint density at radius 2 is 2.28 bits per heavy atom. The molecule has 0 saturated carbocycles. The predicted octanol–water partition coefficient (Wildman–Crippen LogP) is 0.279. The Kier molecular flexibility index (Phi) is 3.66. The summed E-state index contributed by atoms with van der Waals surface area (Å²) in [6, 6.07) is 1.50. The van der Waals surface area contributed by atoms with Crippen LogP contribution >= 0.6 is 11.6 Å². The summed E-state index contributed by atoms with van der Waals surface area (Å²) in [5.74, 6) is -0.307. The molecule has 0 bridgehead atoms. The summed E-state index contributed by atoms with van der Waals surface area (Å²) < 4.78 is 0. The van der Waals surface area contributed by atoms with Crippen molar-refractivity contribution in [3.63, 3.8) is 0 Å². The third-order valence-corrected chi connectivity index (χ3v) is 2.99. The highest BCUT2D eigenvalue weighted by Crippen LogP contribution is 2.18. The third kappa shape index (κ3) is 2.70. The van der Waals surface area contributed by atoms with Crippen molar-refractivity contribution >= 4 is 29.1 Å². The van der Waals surface area contributed by atoms with Crippen LogP contribution in [0.2, 0.25) is 5.15 Å². The lowest BCUT2D eigenvalue weighted by atomic mass is 10.2. The van der Waals surface area contributed by atoms with Gasteiger partial charge >= 0.3 is 0 Å². The SMILES string of the molecule is Nc1cnc(Cl)c(C(=O)N2CCNC(=O)CC2)c1. The summed E-state index contributed by atoms with van der Waals surface area (Å²) in [7, 11) is 0. The van der Waals surface area contributed by atoms with Gasteiger partial charge in [0.1, 0.15) is 5.15 Å². The van der Waals surface area contributed by atoms with Crippen molar-refractivity contribution in [2.24, 2.45) is 0 Å². The van der Waals surface area contributed by atoms with Crippen LogP contribution < -0.4 is 11.1 Å².